The van der Waals surface area contributed by atoms with Gasteiger partial charge in [-0.3, -0.25) is 13.7 Å². The van der Waals surface area contributed by atoms with Crippen LogP contribution in [0.4, 0.5) is 0 Å². The molecule has 3 unspecified atom stereocenters. The molecule has 0 aliphatic carbocycles. The molecule has 0 bridgehead atoms. The topological polar surface area (TPSA) is 275 Å². The largest absolute Gasteiger partial charge is 1.00 e. The monoisotopic (exact) mass is 988 g/mol. The first-order chi connectivity index (χ1) is 22.8. The summed E-state index contributed by atoms with van der Waals surface area (Å²) in [6, 6.07) is 0. The van der Waals surface area contributed by atoms with Gasteiger partial charge >= 0.3 is 29.6 Å². The van der Waals surface area contributed by atoms with Crippen LogP contribution in [0.5, 0.6) is 0 Å². The van der Waals surface area contributed by atoms with E-state index in [1.807, 2.05) is 0 Å². The molecular weight excluding hydrogens is 933 g/mol. The Morgan fingerprint density at radius 1 is 0.620 bits per heavy atom. The second-order valence-corrected chi connectivity index (χ2v) is 15.8. The number of aliphatic hydroxyl groups is 6. The first kappa shape index (κ1) is 67.6. The van der Waals surface area contributed by atoms with Crippen molar-refractivity contribution in [1.82, 2.24) is 0 Å². The van der Waals surface area contributed by atoms with Crippen LogP contribution in [0.15, 0.2) is 0 Å². The normalized spacial score (nSPS) is 11.9. The number of alkyl halides is 2. The van der Waals surface area contributed by atoms with Crippen molar-refractivity contribution in [3.63, 3.8) is 0 Å². The number of aldehydes is 2. The zero-order valence-electron chi connectivity index (χ0n) is 27.6. The van der Waals surface area contributed by atoms with Crippen LogP contribution in [0.1, 0.15) is 7.43 Å². The van der Waals surface area contributed by atoms with E-state index in [1.165, 1.54) is 0 Å². The van der Waals surface area contributed by atoms with Gasteiger partial charge < -0.3 is 54.4 Å². The minimum atomic E-state index is -5.94. The third-order valence-corrected chi connectivity index (χ3v) is 8.30. The van der Waals surface area contributed by atoms with Crippen molar-refractivity contribution in [2.75, 3.05) is 123 Å². The van der Waals surface area contributed by atoms with Gasteiger partial charge in [0.25, 0.3) is 0 Å². The van der Waals surface area contributed by atoms with Crippen molar-refractivity contribution < 1.29 is 118 Å². The van der Waals surface area contributed by atoms with Crippen LogP contribution in [0.25, 0.3) is 0 Å². The molecule has 0 aliphatic rings. The number of hydrogen-bond acceptors (Lipinski definition) is 20. The van der Waals surface area contributed by atoms with Crippen molar-refractivity contribution in [3.05, 3.63) is 0 Å². The number of thiol groups is 1. The van der Waals surface area contributed by atoms with Crippen LogP contribution in [-0.2, 0) is 23.8 Å². The van der Waals surface area contributed by atoms with Gasteiger partial charge in [-0.15, -0.1) is 23.2 Å². The van der Waals surface area contributed by atoms with Crippen molar-refractivity contribution in [1.29, 1.82) is 0 Å². The van der Waals surface area contributed by atoms with Gasteiger partial charge in [0.2, 0.25) is 0 Å². The number of rotatable bonds is 28. The van der Waals surface area contributed by atoms with Gasteiger partial charge in [-0.2, -0.15) is 59.7 Å². The number of carbonyl (C=O) groups excluding carboxylic acids is 2. The van der Waals surface area contributed by atoms with E-state index in [2.05, 4.69) is 12.6 Å². The molecular formula is C26H56Cl2INaO15S5. The molecule has 302 valence electrons. The maximum absolute atomic E-state index is 9.91. The van der Waals surface area contributed by atoms with E-state index in [9.17, 15) is 9.59 Å². The van der Waals surface area contributed by atoms with Crippen LogP contribution in [0, 0.1) is 0 Å². The minimum Gasteiger partial charge on any atom is -0.394 e. The van der Waals surface area contributed by atoms with Gasteiger partial charge in [0.15, 0.2) is 0 Å². The Morgan fingerprint density at radius 2 is 0.900 bits per heavy atom. The zero-order chi connectivity index (χ0) is 37.7. The predicted octanol–water partition coefficient (Wildman–Crippen LogP) is -9.32. The second-order valence-electron chi connectivity index (χ2n) is 7.92. The summed E-state index contributed by atoms with van der Waals surface area (Å²) >= 11 is 14.5. The molecule has 0 aliphatic heterocycles. The van der Waals surface area contributed by atoms with E-state index >= 15 is 0 Å². The van der Waals surface area contributed by atoms with E-state index < -0.39 is 38.4 Å². The maximum Gasteiger partial charge on any atom is 1.00 e. The summed E-state index contributed by atoms with van der Waals surface area (Å²) in [6.45, 7) is 3.22. The Kier molecular flexibility index (Phi) is 82.6. The number of ether oxygens (including phenoxy) is 3. The van der Waals surface area contributed by atoms with Crippen LogP contribution in [-0.4, -0.2) is 185 Å². The number of thioether (sulfide) groups is 4. The second kappa shape index (κ2) is 61.1. The van der Waals surface area contributed by atoms with Gasteiger partial charge in [0, 0.05) is 63.5 Å². The van der Waals surface area contributed by atoms with Crippen LogP contribution < -0.4 is 63.4 Å². The molecule has 15 nitrogen and oxygen atoms in total. The van der Waals surface area contributed by atoms with E-state index in [1.54, 1.807) is 47.0 Å². The SMILES string of the molecule is C.ClCCOCCCl.O=CCSCCOCCSCC=O.OCC(O)CS.OCC(O)CSCCOCCSCC(O)CO.[Na+].[O-][I+3]([O-])([O-])[O-]. The number of halogens is 3. The molecule has 0 saturated carbocycles. The van der Waals surface area contributed by atoms with Crippen molar-refractivity contribution >= 4 is 95.5 Å². The summed E-state index contributed by atoms with van der Waals surface area (Å²) in [5.74, 6) is 6.88. The molecule has 0 aromatic heterocycles. The Balaban J connectivity index is -0.0000000990. The summed E-state index contributed by atoms with van der Waals surface area (Å²) < 4.78 is 49.9. The zero-order valence-corrected chi connectivity index (χ0v) is 37.4. The minimum absolute atomic E-state index is 0. The van der Waals surface area contributed by atoms with Gasteiger partial charge in [-0.1, -0.05) is 7.43 Å². The standard InChI is InChI=1S/C10H22O5S2.C8H14O3S2.C4H8Cl2O.C3H8O2S.CH4.IO4.Na/c11-5-9(13)7-16-3-1-15-2-4-17-8-10(14)6-12;9-1-5-12-7-3-11-4-8-13-6-2-10;5-1-3-7-4-2-6;4-1-3(5)2-6;;2-1(3,4)5;/h9-14H,1-8H2;1-2H,3-8H2;1-4H2;3-6H,1-2H2;1H4;;/q;;;;;-1;+1. The Bertz CT molecular complexity index is 566. The summed E-state index contributed by atoms with van der Waals surface area (Å²) in [4.78, 5) is 19.8. The molecule has 0 saturated heterocycles. The number of carbonyl (C=O) groups is 2. The quantitative estimate of drug-likeness (QED) is 0.00958. The molecule has 24 heteroatoms. The molecule has 0 amide bonds. The summed E-state index contributed by atoms with van der Waals surface area (Å²) in [5, 5.41) is 51.6. The van der Waals surface area contributed by atoms with Gasteiger partial charge in [-0.05, 0) is 0 Å². The van der Waals surface area contributed by atoms with Crippen LogP contribution >= 0.6 is 82.9 Å². The van der Waals surface area contributed by atoms with Crippen molar-refractivity contribution in [3.8, 4) is 0 Å². The molecule has 0 radical (unpaired) electrons. The number of aliphatic hydroxyl groups excluding tert-OH is 6. The molecule has 0 aromatic rings. The number of hydrogen-bond donors (Lipinski definition) is 7. The summed E-state index contributed by atoms with van der Waals surface area (Å²) in [6.07, 6.45) is -0.144. The maximum atomic E-state index is 9.91. The smallest absolute Gasteiger partial charge is 0.394 e. The van der Waals surface area contributed by atoms with E-state index in [4.69, 9.17) is 81.8 Å². The fourth-order valence-corrected chi connectivity index (χ4v) is 4.64. The fraction of sp³-hybridized carbons (Fsp3) is 0.923. The first-order valence-corrected chi connectivity index (χ1v) is 23.8. The molecule has 50 heavy (non-hydrogen) atoms. The van der Waals surface area contributed by atoms with Gasteiger partial charge in [0.1, 0.15) is 32.7 Å². The predicted molar refractivity (Wildman–Crippen MR) is 195 cm³/mol. The molecule has 0 heterocycles. The molecule has 0 rings (SSSR count). The molecule has 3 atom stereocenters. The molecule has 0 spiro atoms. The van der Waals surface area contributed by atoms with Crippen LogP contribution in [0.3, 0.4) is 0 Å². The van der Waals surface area contributed by atoms with E-state index in [0.29, 0.717) is 80.2 Å². The Labute approximate surface area is 358 Å². The van der Waals surface area contributed by atoms with Gasteiger partial charge in [-0.25, -0.2) is 0 Å². The van der Waals surface area contributed by atoms with E-state index in [0.717, 1.165) is 35.6 Å². The summed E-state index contributed by atoms with van der Waals surface area (Å²) in [7, 11) is 0. The fourth-order valence-electron chi connectivity index (χ4n) is 1.75. The van der Waals surface area contributed by atoms with Crippen LogP contribution in [0.2, 0.25) is 0 Å². The Hall–Kier alpha value is 2.88. The Morgan fingerprint density at radius 3 is 1.12 bits per heavy atom. The summed E-state index contributed by atoms with van der Waals surface area (Å²) in [5.41, 5.74) is 0. The molecule has 6 N–H and O–H groups in total. The third-order valence-electron chi connectivity index (χ3n) is 3.77. The van der Waals surface area contributed by atoms with E-state index in [-0.39, 0.29) is 56.8 Å². The molecule has 0 fully saturated rings. The first-order valence-electron chi connectivity index (χ1n) is 14.0. The third kappa shape index (κ3) is 93.1. The average molecular weight is 990 g/mol. The van der Waals surface area contributed by atoms with Crippen molar-refractivity contribution in [2.45, 2.75) is 25.7 Å². The average Bonchev–Trinajstić information content (AvgIpc) is 3.06. The van der Waals surface area contributed by atoms with Crippen molar-refractivity contribution in [2.24, 2.45) is 0 Å². The molecule has 0 aromatic carbocycles. The van der Waals surface area contributed by atoms with Gasteiger partial charge in [0.05, 0.1) is 77.8 Å².